The number of rotatable bonds is 7. The molecule has 0 aliphatic heterocycles. The number of nitrogens with zero attached hydrogens (tertiary/aromatic N) is 1. The predicted octanol–water partition coefficient (Wildman–Crippen LogP) is 1.03. The SMILES string of the molecule is CC(=O)NCCC(OC(=O)c1ccc([N+](=O)[O-])cc1)C(C)O. The molecular weight excluding hydrogens is 292 g/mol. The van der Waals surface area contributed by atoms with Crippen LogP contribution in [0.25, 0.3) is 0 Å². The summed E-state index contributed by atoms with van der Waals surface area (Å²) in [6, 6.07) is 4.97. The molecule has 22 heavy (non-hydrogen) atoms. The van der Waals surface area contributed by atoms with E-state index in [9.17, 15) is 24.8 Å². The van der Waals surface area contributed by atoms with Gasteiger partial charge in [0.25, 0.3) is 5.69 Å². The highest BCUT2D eigenvalue weighted by atomic mass is 16.6. The molecule has 2 N–H and O–H groups in total. The van der Waals surface area contributed by atoms with Gasteiger partial charge in [-0.05, 0) is 19.1 Å². The van der Waals surface area contributed by atoms with Crippen LogP contribution < -0.4 is 5.32 Å². The molecule has 0 aliphatic carbocycles. The number of hydrogen-bond donors (Lipinski definition) is 2. The van der Waals surface area contributed by atoms with Crippen molar-refractivity contribution in [2.75, 3.05) is 6.54 Å². The average Bonchev–Trinajstić information content (AvgIpc) is 2.45. The van der Waals surface area contributed by atoms with E-state index in [1.54, 1.807) is 0 Å². The van der Waals surface area contributed by atoms with Crippen LogP contribution in [0.15, 0.2) is 24.3 Å². The van der Waals surface area contributed by atoms with Gasteiger partial charge in [0.15, 0.2) is 0 Å². The van der Waals surface area contributed by atoms with Crippen molar-refractivity contribution < 1.29 is 24.4 Å². The molecule has 1 aromatic rings. The second-order valence-corrected chi connectivity index (χ2v) is 4.76. The minimum absolute atomic E-state index is 0.130. The summed E-state index contributed by atoms with van der Waals surface area (Å²) in [5.74, 6) is -0.908. The van der Waals surface area contributed by atoms with Gasteiger partial charge in [0.05, 0.1) is 16.6 Å². The van der Waals surface area contributed by atoms with Gasteiger partial charge in [-0.15, -0.1) is 0 Å². The van der Waals surface area contributed by atoms with Gasteiger partial charge in [-0.25, -0.2) is 4.79 Å². The molecule has 0 spiro atoms. The van der Waals surface area contributed by atoms with Crippen molar-refractivity contribution in [1.82, 2.24) is 5.32 Å². The molecule has 1 rings (SSSR count). The van der Waals surface area contributed by atoms with E-state index < -0.39 is 23.1 Å². The van der Waals surface area contributed by atoms with E-state index in [4.69, 9.17) is 4.74 Å². The Hall–Kier alpha value is -2.48. The molecule has 8 nitrogen and oxygen atoms in total. The van der Waals surface area contributed by atoms with Gasteiger partial charge in [-0.3, -0.25) is 14.9 Å². The Morgan fingerprint density at radius 1 is 1.36 bits per heavy atom. The van der Waals surface area contributed by atoms with Crippen molar-refractivity contribution in [3.8, 4) is 0 Å². The Kier molecular flexibility index (Phi) is 6.46. The summed E-state index contributed by atoms with van der Waals surface area (Å²) in [7, 11) is 0. The molecule has 0 fully saturated rings. The van der Waals surface area contributed by atoms with Crippen LogP contribution in [0, 0.1) is 10.1 Å². The molecule has 1 aromatic carbocycles. The van der Waals surface area contributed by atoms with Gasteiger partial charge in [0.2, 0.25) is 5.91 Å². The first-order chi connectivity index (χ1) is 10.3. The summed E-state index contributed by atoms with van der Waals surface area (Å²) in [5.41, 5.74) is 0.0186. The smallest absolute Gasteiger partial charge is 0.338 e. The number of hydrogen-bond acceptors (Lipinski definition) is 6. The number of aliphatic hydroxyl groups is 1. The molecule has 0 radical (unpaired) electrons. The highest BCUT2D eigenvalue weighted by Crippen LogP contribution is 2.14. The largest absolute Gasteiger partial charge is 0.456 e. The zero-order valence-corrected chi connectivity index (χ0v) is 12.3. The first kappa shape index (κ1) is 17.6. The third-order valence-corrected chi connectivity index (χ3v) is 2.91. The summed E-state index contributed by atoms with van der Waals surface area (Å²) in [6.07, 6.45) is -1.43. The quantitative estimate of drug-likeness (QED) is 0.441. The van der Waals surface area contributed by atoms with Crippen molar-refractivity contribution >= 4 is 17.6 Å². The highest BCUT2D eigenvalue weighted by Gasteiger charge is 2.21. The highest BCUT2D eigenvalue weighted by molar-refractivity contribution is 5.89. The second-order valence-electron chi connectivity index (χ2n) is 4.76. The second kappa shape index (κ2) is 8.08. The van der Waals surface area contributed by atoms with E-state index in [2.05, 4.69) is 5.32 Å². The fourth-order valence-corrected chi connectivity index (χ4v) is 1.71. The number of carbonyl (C=O) groups excluding carboxylic acids is 2. The molecule has 0 saturated heterocycles. The fraction of sp³-hybridized carbons (Fsp3) is 0.429. The van der Waals surface area contributed by atoms with Crippen molar-refractivity contribution in [3.05, 3.63) is 39.9 Å². The van der Waals surface area contributed by atoms with Crippen LogP contribution >= 0.6 is 0 Å². The monoisotopic (exact) mass is 310 g/mol. The third-order valence-electron chi connectivity index (χ3n) is 2.91. The number of benzene rings is 1. The molecule has 1 amide bonds. The summed E-state index contributed by atoms with van der Waals surface area (Å²) >= 11 is 0. The summed E-state index contributed by atoms with van der Waals surface area (Å²) in [6.45, 7) is 3.10. The van der Waals surface area contributed by atoms with E-state index >= 15 is 0 Å². The van der Waals surface area contributed by atoms with E-state index in [0.29, 0.717) is 0 Å². The van der Waals surface area contributed by atoms with Crippen LogP contribution in [0.4, 0.5) is 5.69 Å². The van der Waals surface area contributed by atoms with Crippen LogP contribution in [0.1, 0.15) is 30.6 Å². The number of aliphatic hydroxyl groups excluding tert-OH is 1. The van der Waals surface area contributed by atoms with E-state index in [1.165, 1.54) is 38.1 Å². The number of nitro groups is 1. The van der Waals surface area contributed by atoms with Crippen LogP contribution in [-0.2, 0) is 9.53 Å². The number of amides is 1. The third kappa shape index (κ3) is 5.49. The molecule has 2 unspecified atom stereocenters. The van der Waals surface area contributed by atoms with Gasteiger partial charge in [0.1, 0.15) is 6.10 Å². The molecule has 0 bridgehead atoms. The lowest BCUT2D eigenvalue weighted by atomic mass is 10.1. The predicted molar refractivity (Wildman–Crippen MR) is 77.3 cm³/mol. The zero-order chi connectivity index (χ0) is 16.7. The lowest BCUT2D eigenvalue weighted by Crippen LogP contribution is -2.33. The first-order valence-corrected chi connectivity index (χ1v) is 6.69. The van der Waals surface area contributed by atoms with Crippen molar-refractivity contribution in [3.63, 3.8) is 0 Å². The summed E-state index contributed by atoms with van der Waals surface area (Å²) in [5, 5.41) is 22.7. The maximum Gasteiger partial charge on any atom is 0.338 e. The molecular formula is C14H18N2O6. The van der Waals surface area contributed by atoms with Gasteiger partial charge in [-0.1, -0.05) is 0 Å². The maximum atomic E-state index is 11.9. The van der Waals surface area contributed by atoms with Crippen molar-refractivity contribution in [1.29, 1.82) is 0 Å². The standard InChI is InChI=1S/C14H18N2O6/c1-9(17)13(7-8-15-10(2)18)22-14(19)11-3-5-12(6-4-11)16(20)21/h3-6,9,13,17H,7-8H2,1-2H3,(H,15,18). The van der Waals surface area contributed by atoms with Crippen molar-refractivity contribution in [2.45, 2.75) is 32.5 Å². The van der Waals surface area contributed by atoms with Gasteiger partial charge in [-0.2, -0.15) is 0 Å². The molecule has 0 heterocycles. The van der Waals surface area contributed by atoms with E-state index in [1.807, 2.05) is 0 Å². The Morgan fingerprint density at radius 2 is 1.95 bits per heavy atom. The number of carbonyl (C=O) groups is 2. The Balaban J connectivity index is 2.66. The Morgan fingerprint density at radius 3 is 2.41 bits per heavy atom. The fourth-order valence-electron chi connectivity index (χ4n) is 1.71. The lowest BCUT2D eigenvalue weighted by molar-refractivity contribution is -0.384. The number of nitrogens with one attached hydrogen (secondary N) is 1. The minimum atomic E-state index is -0.907. The molecule has 0 aromatic heterocycles. The van der Waals surface area contributed by atoms with Crippen LogP contribution in [0.3, 0.4) is 0 Å². The van der Waals surface area contributed by atoms with Crippen molar-refractivity contribution in [2.24, 2.45) is 0 Å². The van der Waals surface area contributed by atoms with Gasteiger partial charge < -0.3 is 15.2 Å². The summed E-state index contributed by atoms with van der Waals surface area (Å²) < 4.78 is 5.17. The Bertz CT molecular complexity index is 541. The topological polar surface area (TPSA) is 119 Å². The first-order valence-electron chi connectivity index (χ1n) is 6.69. The van der Waals surface area contributed by atoms with E-state index in [-0.39, 0.29) is 30.1 Å². The normalized spacial score (nSPS) is 13.0. The molecule has 0 saturated carbocycles. The van der Waals surface area contributed by atoms with Crippen LogP contribution in [0.2, 0.25) is 0 Å². The van der Waals surface area contributed by atoms with Gasteiger partial charge >= 0.3 is 5.97 Å². The maximum absolute atomic E-state index is 11.9. The van der Waals surface area contributed by atoms with E-state index in [0.717, 1.165) is 0 Å². The van der Waals surface area contributed by atoms with Gasteiger partial charge in [0, 0.05) is 32.0 Å². The molecule has 8 heteroatoms. The number of non-ortho nitro benzene ring substituents is 1. The minimum Gasteiger partial charge on any atom is -0.456 e. The Labute approximate surface area is 127 Å². The molecule has 2 atom stereocenters. The number of esters is 1. The zero-order valence-electron chi connectivity index (χ0n) is 12.3. The number of nitro benzene ring substituents is 1. The van der Waals surface area contributed by atoms with Crippen LogP contribution in [-0.4, -0.2) is 40.7 Å². The molecule has 0 aliphatic rings. The van der Waals surface area contributed by atoms with Crippen LogP contribution in [0.5, 0.6) is 0 Å². The summed E-state index contributed by atoms with van der Waals surface area (Å²) in [4.78, 5) is 32.7. The average molecular weight is 310 g/mol. The molecule has 120 valence electrons. The number of ether oxygens (including phenoxy) is 1. The lowest BCUT2D eigenvalue weighted by Gasteiger charge is -2.20.